The molecule has 1 amide bonds. The molecule has 0 spiro atoms. The first kappa shape index (κ1) is 21.2. The largest absolute Gasteiger partial charge is 0.348 e. The number of aromatic nitrogens is 2. The quantitative estimate of drug-likeness (QED) is 0.342. The van der Waals surface area contributed by atoms with Gasteiger partial charge in [-0.3, -0.25) is 4.79 Å². The van der Waals surface area contributed by atoms with Crippen molar-refractivity contribution in [2.45, 2.75) is 20.4 Å². The summed E-state index contributed by atoms with van der Waals surface area (Å²) in [5.74, 6) is 0.646. The van der Waals surface area contributed by atoms with E-state index in [-0.39, 0.29) is 5.91 Å². The van der Waals surface area contributed by atoms with Gasteiger partial charge < -0.3 is 10.3 Å². The Morgan fingerprint density at radius 2 is 1.74 bits per heavy atom. The summed E-state index contributed by atoms with van der Waals surface area (Å²) in [5, 5.41) is 3.80. The number of H-pyrrole nitrogens is 1. The van der Waals surface area contributed by atoms with Crippen LogP contribution in [-0.4, -0.2) is 15.9 Å². The fraction of sp³-hybridized carbons (Fsp3) is 0.120. The molecule has 0 aliphatic heterocycles. The Balaban J connectivity index is 1.40. The number of nitrogens with zero attached hydrogens (tertiary/aromatic N) is 1. The fourth-order valence-corrected chi connectivity index (χ4v) is 3.55. The number of aromatic amines is 1. The highest BCUT2D eigenvalue weighted by molar-refractivity contribution is 6.42. The lowest BCUT2D eigenvalue weighted by atomic mass is 10.1. The third-order valence-corrected chi connectivity index (χ3v) is 5.90. The molecule has 31 heavy (non-hydrogen) atoms. The number of halogens is 2. The minimum absolute atomic E-state index is 0.182. The Bertz CT molecular complexity index is 1250. The van der Waals surface area contributed by atoms with Gasteiger partial charge in [0.2, 0.25) is 5.91 Å². The van der Waals surface area contributed by atoms with Crippen LogP contribution in [0.5, 0.6) is 0 Å². The predicted octanol–water partition coefficient (Wildman–Crippen LogP) is 6.48. The summed E-state index contributed by atoms with van der Waals surface area (Å²) in [7, 11) is 0. The molecule has 1 heterocycles. The molecule has 0 atom stereocenters. The van der Waals surface area contributed by atoms with Crippen molar-refractivity contribution >= 4 is 46.2 Å². The van der Waals surface area contributed by atoms with E-state index in [0.29, 0.717) is 16.6 Å². The highest BCUT2D eigenvalue weighted by Crippen LogP contribution is 2.24. The highest BCUT2D eigenvalue weighted by atomic mass is 35.5. The fourth-order valence-electron chi connectivity index (χ4n) is 3.23. The number of fused-ring (bicyclic) bond motifs is 1. The summed E-state index contributed by atoms with van der Waals surface area (Å²) in [6.45, 7) is 4.56. The maximum absolute atomic E-state index is 12.1. The number of amides is 1. The lowest BCUT2D eigenvalue weighted by Crippen LogP contribution is -2.20. The summed E-state index contributed by atoms with van der Waals surface area (Å²) < 4.78 is 0. The van der Waals surface area contributed by atoms with E-state index in [4.69, 9.17) is 28.2 Å². The number of nitrogens with one attached hydrogen (secondary N) is 2. The number of aryl methyl sites for hydroxylation is 2. The Kier molecular flexibility index (Phi) is 6.12. The van der Waals surface area contributed by atoms with Crippen molar-refractivity contribution in [3.05, 3.63) is 93.0 Å². The van der Waals surface area contributed by atoms with Crippen LogP contribution < -0.4 is 5.32 Å². The third-order valence-electron chi connectivity index (χ3n) is 5.16. The van der Waals surface area contributed by atoms with Crippen LogP contribution in [0.15, 0.2) is 60.7 Å². The number of carbonyl (C=O) groups excluding carboxylic acids is 1. The molecule has 6 heteroatoms. The van der Waals surface area contributed by atoms with E-state index >= 15 is 0 Å². The van der Waals surface area contributed by atoms with Crippen molar-refractivity contribution in [2.24, 2.45) is 0 Å². The molecule has 0 aliphatic rings. The first-order chi connectivity index (χ1) is 14.9. The SMILES string of the molecule is Cc1cc2nc(-c3ccc(/C=C/C(=O)NCc4ccc(Cl)c(Cl)c4)cc3)[nH]c2cc1C. The topological polar surface area (TPSA) is 57.8 Å². The second kappa shape index (κ2) is 8.96. The molecular weight excluding hydrogens is 429 g/mol. The highest BCUT2D eigenvalue weighted by Gasteiger charge is 2.07. The van der Waals surface area contributed by atoms with Gasteiger partial charge in [-0.15, -0.1) is 0 Å². The van der Waals surface area contributed by atoms with Crippen molar-refractivity contribution in [3.8, 4) is 11.4 Å². The Morgan fingerprint density at radius 1 is 1.00 bits per heavy atom. The van der Waals surface area contributed by atoms with Crippen LogP contribution >= 0.6 is 23.2 Å². The summed E-state index contributed by atoms with van der Waals surface area (Å²) >= 11 is 11.9. The Hall–Kier alpha value is -3.08. The molecule has 4 rings (SSSR count). The second-order valence-electron chi connectivity index (χ2n) is 7.46. The summed E-state index contributed by atoms with van der Waals surface area (Å²) in [6.07, 6.45) is 3.29. The standard InChI is InChI=1S/C25H21Cl2N3O/c1-15-11-22-23(12-16(15)2)30-25(29-22)19-7-3-17(4-8-19)6-10-24(31)28-14-18-5-9-20(26)21(27)13-18/h3-13H,14H2,1-2H3,(H,28,31)(H,29,30)/b10-6+. The zero-order chi connectivity index (χ0) is 22.0. The van der Waals surface area contributed by atoms with E-state index in [1.165, 1.54) is 17.2 Å². The van der Waals surface area contributed by atoms with E-state index in [1.54, 1.807) is 18.2 Å². The third kappa shape index (κ3) is 4.98. The van der Waals surface area contributed by atoms with Gasteiger partial charge in [-0.25, -0.2) is 4.98 Å². The molecule has 0 radical (unpaired) electrons. The molecule has 2 N–H and O–H groups in total. The molecule has 0 bridgehead atoms. The van der Waals surface area contributed by atoms with Gasteiger partial charge >= 0.3 is 0 Å². The number of hydrogen-bond acceptors (Lipinski definition) is 2. The number of benzene rings is 3. The molecule has 0 aliphatic carbocycles. The molecule has 0 saturated heterocycles. The second-order valence-corrected chi connectivity index (χ2v) is 8.28. The molecule has 0 fully saturated rings. The molecule has 156 valence electrons. The van der Waals surface area contributed by atoms with Crippen LogP contribution in [0.1, 0.15) is 22.3 Å². The van der Waals surface area contributed by atoms with Crippen molar-refractivity contribution in [3.63, 3.8) is 0 Å². The van der Waals surface area contributed by atoms with E-state index in [9.17, 15) is 4.79 Å². The van der Waals surface area contributed by atoms with Gasteiger partial charge in [-0.1, -0.05) is 53.5 Å². The average Bonchev–Trinajstić information content (AvgIpc) is 3.16. The minimum Gasteiger partial charge on any atom is -0.348 e. The van der Waals surface area contributed by atoms with E-state index in [2.05, 4.69) is 36.3 Å². The van der Waals surface area contributed by atoms with E-state index in [0.717, 1.165) is 33.5 Å². The van der Waals surface area contributed by atoms with Gasteiger partial charge in [0.05, 0.1) is 21.1 Å². The monoisotopic (exact) mass is 449 g/mol. The van der Waals surface area contributed by atoms with Crippen LogP contribution in [0, 0.1) is 13.8 Å². The number of hydrogen-bond donors (Lipinski definition) is 2. The summed E-state index contributed by atoms with van der Waals surface area (Å²) in [5.41, 5.74) is 7.26. The van der Waals surface area contributed by atoms with Crippen molar-refractivity contribution in [2.75, 3.05) is 0 Å². The van der Waals surface area contributed by atoms with Gasteiger partial charge in [-0.05, 0) is 66.4 Å². The summed E-state index contributed by atoms with van der Waals surface area (Å²) in [6, 6.07) is 17.4. The first-order valence-electron chi connectivity index (χ1n) is 9.86. The lowest BCUT2D eigenvalue weighted by Gasteiger charge is -2.04. The summed E-state index contributed by atoms with van der Waals surface area (Å²) in [4.78, 5) is 20.2. The lowest BCUT2D eigenvalue weighted by molar-refractivity contribution is -0.116. The van der Waals surface area contributed by atoms with Crippen LogP contribution in [0.25, 0.3) is 28.5 Å². The molecular formula is C25H21Cl2N3O. The van der Waals surface area contributed by atoms with Crippen molar-refractivity contribution in [1.82, 2.24) is 15.3 Å². The van der Waals surface area contributed by atoms with Crippen LogP contribution in [0.3, 0.4) is 0 Å². The average molecular weight is 450 g/mol. The van der Waals surface area contributed by atoms with E-state index in [1.807, 2.05) is 30.3 Å². The van der Waals surface area contributed by atoms with Crippen LogP contribution in [0.4, 0.5) is 0 Å². The van der Waals surface area contributed by atoms with Crippen molar-refractivity contribution < 1.29 is 4.79 Å². The molecule has 3 aromatic carbocycles. The Labute approximate surface area is 190 Å². The Morgan fingerprint density at radius 3 is 2.48 bits per heavy atom. The molecule has 0 saturated carbocycles. The first-order valence-corrected chi connectivity index (χ1v) is 10.6. The maximum Gasteiger partial charge on any atom is 0.244 e. The predicted molar refractivity (Wildman–Crippen MR) is 128 cm³/mol. The van der Waals surface area contributed by atoms with Crippen LogP contribution in [-0.2, 0) is 11.3 Å². The zero-order valence-corrected chi connectivity index (χ0v) is 18.7. The minimum atomic E-state index is -0.182. The molecule has 4 aromatic rings. The van der Waals surface area contributed by atoms with Gasteiger partial charge in [-0.2, -0.15) is 0 Å². The van der Waals surface area contributed by atoms with Gasteiger partial charge in [0.15, 0.2) is 0 Å². The maximum atomic E-state index is 12.1. The molecule has 4 nitrogen and oxygen atoms in total. The number of carbonyl (C=O) groups is 1. The smallest absolute Gasteiger partial charge is 0.244 e. The van der Waals surface area contributed by atoms with E-state index < -0.39 is 0 Å². The van der Waals surface area contributed by atoms with Gasteiger partial charge in [0, 0.05) is 18.2 Å². The van der Waals surface area contributed by atoms with Gasteiger partial charge in [0.1, 0.15) is 5.82 Å². The number of imidazole rings is 1. The molecule has 0 unspecified atom stereocenters. The normalized spacial score (nSPS) is 11.4. The van der Waals surface area contributed by atoms with Crippen LogP contribution in [0.2, 0.25) is 10.0 Å². The van der Waals surface area contributed by atoms with Gasteiger partial charge in [0.25, 0.3) is 0 Å². The van der Waals surface area contributed by atoms with Crippen molar-refractivity contribution in [1.29, 1.82) is 0 Å². The number of rotatable bonds is 5. The molecule has 1 aromatic heterocycles. The zero-order valence-electron chi connectivity index (χ0n) is 17.2.